The van der Waals surface area contributed by atoms with Gasteiger partial charge in [-0.2, -0.15) is 0 Å². The molecule has 0 aliphatic carbocycles. The van der Waals surface area contributed by atoms with Gasteiger partial charge in [0.1, 0.15) is 17.2 Å². The average Bonchev–Trinajstić information content (AvgIpc) is 3.20. The first kappa shape index (κ1) is 43.7. The lowest BCUT2D eigenvalue weighted by Crippen LogP contribution is -1.87. The molecule has 0 aliphatic heterocycles. The molecule has 0 fully saturated rings. The molecule has 0 heterocycles. The zero-order valence-corrected chi connectivity index (χ0v) is 33.1. The molecule has 6 rings (SSSR count). The summed E-state index contributed by atoms with van der Waals surface area (Å²) in [7, 11) is 5.08. The molecular weight excluding hydrogens is 625 g/mol. The minimum Gasteiger partial charge on any atom is -0.497 e. The van der Waals surface area contributed by atoms with Crippen LogP contribution in [0.5, 0.6) is 17.2 Å². The molecule has 6 aromatic rings. The van der Waals surface area contributed by atoms with E-state index in [0.717, 1.165) is 22.8 Å². The predicted molar refractivity (Wildman–Crippen MR) is 224 cm³/mol. The predicted octanol–water partition coefficient (Wildman–Crippen LogP) is 14.1. The van der Waals surface area contributed by atoms with Crippen molar-refractivity contribution in [2.45, 2.75) is 62.3 Å². The van der Waals surface area contributed by atoms with E-state index in [1.807, 2.05) is 84.0 Å². The normalized spacial score (nSPS) is 9.18. The number of hydrogen-bond donors (Lipinski definition) is 0. The van der Waals surface area contributed by atoms with Crippen LogP contribution in [0, 0.1) is 20.8 Å². The fraction of sp³-hybridized carbons (Fsp3) is 0.250. The second-order valence-electron chi connectivity index (χ2n) is 10.8. The van der Waals surface area contributed by atoms with E-state index in [0.29, 0.717) is 0 Å². The van der Waals surface area contributed by atoms with Crippen LogP contribution in [0.3, 0.4) is 0 Å². The summed E-state index contributed by atoms with van der Waals surface area (Å²) < 4.78 is 15.7. The number of para-hydroxylation sites is 1. The number of aryl methyl sites for hydroxylation is 3. The molecule has 0 N–H and O–H groups in total. The van der Waals surface area contributed by atoms with Gasteiger partial charge in [-0.3, -0.25) is 0 Å². The van der Waals surface area contributed by atoms with E-state index in [1.165, 1.54) is 44.5 Å². The van der Waals surface area contributed by atoms with Gasteiger partial charge >= 0.3 is 0 Å². The Labute approximate surface area is 309 Å². The summed E-state index contributed by atoms with van der Waals surface area (Å²) in [6, 6.07) is 49.7. The second-order valence-corrected chi connectivity index (χ2v) is 10.8. The van der Waals surface area contributed by atoms with Gasteiger partial charge in [-0.25, -0.2) is 0 Å². The fourth-order valence-corrected chi connectivity index (χ4v) is 4.93. The van der Waals surface area contributed by atoms with Gasteiger partial charge in [-0.05, 0) is 78.9 Å². The highest BCUT2D eigenvalue weighted by molar-refractivity contribution is 5.71. The lowest BCUT2D eigenvalue weighted by atomic mass is 10.0. The van der Waals surface area contributed by atoms with Crippen LogP contribution in [0.1, 0.15) is 58.2 Å². The highest BCUT2D eigenvalue weighted by Gasteiger charge is 2.04. The van der Waals surface area contributed by atoms with Crippen LogP contribution in [0.4, 0.5) is 0 Å². The van der Waals surface area contributed by atoms with E-state index in [2.05, 4.69) is 124 Å². The molecule has 0 amide bonds. The standard InChI is InChI=1S/3C14H14O.3C2H6/c1-11-5-3-6-12(9-11)13-7-4-8-14(10-13)15-2;1-11-6-5-7-12(10-11)13-8-3-4-9-14(13)15-2;1-11-4-3-5-13(10-11)12-6-8-14(15-2)9-7-12;3*1-2/h3*3-10H,1-2H3;3*1-2H3. The first-order valence-corrected chi connectivity index (χ1v) is 18.0. The molecule has 0 aromatic heterocycles. The lowest BCUT2D eigenvalue weighted by Gasteiger charge is -2.08. The topological polar surface area (TPSA) is 27.7 Å². The molecule has 6 aromatic carbocycles. The quantitative estimate of drug-likeness (QED) is 0.175. The Balaban J connectivity index is 0.000000356. The summed E-state index contributed by atoms with van der Waals surface area (Å²) in [6.07, 6.45) is 0. The van der Waals surface area contributed by atoms with Crippen molar-refractivity contribution >= 4 is 0 Å². The summed E-state index contributed by atoms with van der Waals surface area (Å²) in [5.41, 5.74) is 11.1. The summed E-state index contributed by atoms with van der Waals surface area (Å²) in [6.45, 7) is 18.3. The Morgan fingerprint density at radius 3 is 1.20 bits per heavy atom. The summed E-state index contributed by atoms with van der Waals surface area (Å²) in [4.78, 5) is 0. The molecule has 0 saturated carbocycles. The Hall–Kier alpha value is -5.28. The first-order chi connectivity index (χ1) is 24.9. The van der Waals surface area contributed by atoms with Crippen molar-refractivity contribution in [3.8, 4) is 50.6 Å². The van der Waals surface area contributed by atoms with E-state index in [1.54, 1.807) is 21.3 Å². The van der Waals surface area contributed by atoms with Crippen molar-refractivity contribution in [3.63, 3.8) is 0 Å². The van der Waals surface area contributed by atoms with Gasteiger partial charge in [0.25, 0.3) is 0 Å². The second kappa shape index (κ2) is 25.7. The van der Waals surface area contributed by atoms with Crippen molar-refractivity contribution < 1.29 is 14.2 Å². The minimum absolute atomic E-state index is 0.895. The molecule has 0 saturated heterocycles. The first-order valence-electron chi connectivity index (χ1n) is 18.0. The molecule has 0 atom stereocenters. The third-order valence-electron chi connectivity index (χ3n) is 7.30. The van der Waals surface area contributed by atoms with Crippen molar-refractivity contribution in [3.05, 3.63) is 162 Å². The Bertz CT molecular complexity index is 1790. The molecule has 0 unspecified atom stereocenters. The minimum atomic E-state index is 0.895. The molecule has 0 aliphatic rings. The number of methoxy groups -OCH3 is 3. The molecule has 0 spiro atoms. The van der Waals surface area contributed by atoms with Gasteiger partial charge in [0.15, 0.2) is 0 Å². The average molecular weight is 685 g/mol. The number of benzene rings is 6. The van der Waals surface area contributed by atoms with Crippen LogP contribution < -0.4 is 14.2 Å². The molecule has 0 bridgehead atoms. The molecule has 3 heteroatoms. The molecule has 3 nitrogen and oxygen atoms in total. The summed E-state index contributed by atoms with van der Waals surface area (Å²) >= 11 is 0. The van der Waals surface area contributed by atoms with Crippen LogP contribution in [0.2, 0.25) is 0 Å². The molecule has 270 valence electrons. The van der Waals surface area contributed by atoms with Crippen molar-refractivity contribution in [2.75, 3.05) is 21.3 Å². The SMILES string of the molecule is CC.CC.CC.COc1ccc(-c2cccc(C)c2)cc1.COc1cccc(-c2cccc(C)c2)c1.COc1ccccc1-c1cccc(C)c1. The van der Waals surface area contributed by atoms with E-state index in [-0.39, 0.29) is 0 Å². The van der Waals surface area contributed by atoms with Crippen LogP contribution in [0.25, 0.3) is 33.4 Å². The van der Waals surface area contributed by atoms with Crippen LogP contribution in [-0.4, -0.2) is 21.3 Å². The van der Waals surface area contributed by atoms with Gasteiger partial charge in [0.05, 0.1) is 21.3 Å². The summed E-state index contributed by atoms with van der Waals surface area (Å²) in [5.74, 6) is 2.71. The van der Waals surface area contributed by atoms with Gasteiger partial charge < -0.3 is 14.2 Å². The Morgan fingerprint density at radius 2 is 0.725 bits per heavy atom. The van der Waals surface area contributed by atoms with Crippen molar-refractivity contribution in [2.24, 2.45) is 0 Å². The van der Waals surface area contributed by atoms with Crippen LogP contribution >= 0.6 is 0 Å². The Morgan fingerprint density at radius 1 is 0.314 bits per heavy atom. The number of rotatable bonds is 6. The number of hydrogen-bond acceptors (Lipinski definition) is 3. The maximum Gasteiger partial charge on any atom is 0.126 e. The van der Waals surface area contributed by atoms with E-state index in [9.17, 15) is 0 Å². The van der Waals surface area contributed by atoms with E-state index in [4.69, 9.17) is 14.2 Å². The fourth-order valence-electron chi connectivity index (χ4n) is 4.93. The van der Waals surface area contributed by atoms with Gasteiger partial charge in [-0.1, -0.05) is 173 Å². The largest absolute Gasteiger partial charge is 0.497 e. The smallest absolute Gasteiger partial charge is 0.126 e. The molecular formula is C48H60O3. The van der Waals surface area contributed by atoms with Gasteiger partial charge in [0, 0.05) is 5.56 Å². The van der Waals surface area contributed by atoms with Crippen molar-refractivity contribution in [1.29, 1.82) is 0 Å². The van der Waals surface area contributed by atoms with E-state index < -0.39 is 0 Å². The summed E-state index contributed by atoms with van der Waals surface area (Å²) in [5, 5.41) is 0. The highest BCUT2D eigenvalue weighted by atomic mass is 16.5. The van der Waals surface area contributed by atoms with Crippen LogP contribution in [-0.2, 0) is 0 Å². The van der Waals surface area contributed by atoms with Gasteiger partial charge in [-0.15, -0.1) is 0 Å². The van der Waals surface area contributed by atoms with Gasteiger partial charge in [0.2, 0.25) is 0 Å². The van der Waals surface area contributed by atoms with Crippen LogP contribution in [0.15, 0.2) is 146 Å². The molecule has 0 radical (unpaired) electrons. The maximum atomic E-state index is 5.34. The number of ether oxygens (including phenoxy) is 3. The lowest BCUT2D eigenvalue weighted by molar-refractivity contribution is 0.415. The highest BCUT2D eigenvalue weighted by Crippen LogP contribution is 2.30. The van der Waals surface area contributed by atoms with Crippen molar-refractivity contribution in [1.82, 2.24) is 0 Å². The zero-order valence-electron chi connectivity index (χ0n) is 33.1. The third-order valence-corrected chi connectivity index (χ3v) is 7.30. The molecule has 51 heavy (non-hydrogen) atoms. The zero-order chi connectivity index (χ0) is 38.0. The maximum absolute atomic E-state index is 5.34. The Kier molecular flexibility index (Phi) is 22.0. The monoisotopic (exact) mass is 684 g/mol. The third kappa shape index (κ3) is 15.0. The van der Waals surface area contributed by atoms with E-state index >= 15 is 0 Å².